The predicted molar refractivity (Wildman–Crippen MR) is 164 cm³/mol. The Morgan fingerprint density at radius 1 is 0.488 bits per heavy atom. The molecule has 0 fully saturated rings. The largest absolute Gasteiger partial charge is 0.422 e. The molecule has 1 aromatic heterocycles. The molecular formula is C36H28N4O. The smallest absolute Gasteiger partial charge is 0.326 e. The molecule has 6 aromatic rings. The Hall–Kier alpha value is -5.29. The molecular weight excluding hydrogens is 504 g/mol. The summed E-state index contributed by atoms with van der Waals surface area (Å²) in [5, 5.41) is 0. The number of nitrogens with zero attached hydrogens (tertiary/aromatic N) is 4. The Bertz CT molecular complexity index is 1740. The standard InChI is InChI=1S/C36H28N4O/c1-36(2)27-19-9-11-21-29(27)40(30-22-12-10-20-28(30)36)31-23-13-14-24-32(31)41-35-38-33(25-15-5-3-6-16-25)37-34(39-35)26-17-7-4-8-18-26/h3-24H,1-2H3. The second-order valence-corrected chi connectivity index (χ2v) is 10.6. The molecule has 2 heterocycles. The van der Waals surface area contributed by atoms with Gasteiger partial charge in [0, 0.05) is 16.5 Å². The van der Waals surface area contributed by atoms with Crippen LogP contribution >= 0.6 is 0 Å². The summed E-state index contributed by atoms with van der Waals surface area (Å²) in [5.74, 6) is 1.77. The zero-order valence-electron chi connectivity index (χ0n) is 22.9. The number of rotatable bonds is 5. The number of para-hydroxylation sites is 4. The van der Waals surface area contributed by atoms with E-state index in [9.17, 15) is 0 Å². The minimum atomic E-state index is -0.150. The normalized spacial score (nSPS) is 13.3. The van der Waals surface area contributed by atoms with Gasteiger partial charge in [-0.25, -0.2) is 4.98 Å². The minimum absolute atomic E-state index is 0.150. The van der Waals surface area contributed by atoms with Gasteiger partial charge in [0.1, 0.15) is 0 Å². The molecule has 5 aromatic carbocycles. The molecule has 7 rings (SSSR count). The lowest BCUT2D eigenvalue weighted by atomic mass is 9.73. The molecule has 0 spiro atoms. The molecule has 5 heteroatoms. The fourth-order valence-corrected chi connectivity index (χ4v) is 5.59. The molecule has 5 nitrogen and oxygen atoms in total. The van der Waals surface area contributed by atoms with Gasteiger partial charge in [-0.1, -0.05) is 123 Å². The van der Waals surface area contributed by atoms with Crippen molar-refractivity contribution < 1.29 is 4.74 Å². The van der Waals surface area contributed by atoms with Crippen LogP contribution in [0.25, 0.3) is 22.8 Å². The summed E-state index contributed by atoms with van der Waals surface area (Å²) in [6.07, 6.45) is 0. The lowest BCUT2D eigenvalue weighted by Gasteiger charge is -2.42. The van der Waals surface area contributed by atoms with Crippen LogP contribution in [0.5, 0.6) is 11.8 Å². The van der Waals surface area contributed by atoms with Crippen molar-refractivity contribution in [3.8, 4) is 34.5 Å². The molecule has 0 atom stereocenters. The maximum Gasteiger partial charge on any atom is 0.326 e. The molecule has 1 aliphatic rings. The van der Waals surface area contributed by atoms with Crippen molar-refractivity contribution in [1.82, 2.24) is 15.0 Å². The van der Waals surface area contributed by atoms with Crippen molar-refractivity contribution in [1.29, 1.82) is 0 Å². The number of benzene rings is 5. The number of anilines is 3. The van der Waals surface area contributed by atoms with Gasteiger partial charge in [-0.2, -0.15) is 9.97 Å². The van der Waals surface area contributed by atoms with Crippen molar-refractivity contribution in [2.24, 2.45) is 0 Å². The Morgan fingerprint density at radius 2 is 0.927 bits per heavy atom. The van der Waals surface area contributed by atoms with Crippen molar-refractivity contribution in [2.45, 2.75) is 19.3 Å². The fraction of sp³-hybridized carbons (Fsp3) is 0.0833. The summed E-state index contributed by atoms with van der Waals surface area (Å²) in [4.78, 5) is 16.6. The Morgan fingerprint density at radius 3 is 1.46 bits per heavy atom. The first-order chi connectivity index (χ1) is 20.1. The molecule has 0 N–H and O–H groups in total. The molecule has 0 unspecified atom stereocenters. The summed E-state index contributed by atoms with van der Waals surface area (Å²) in [7, 11) is 0. The van der Waals surface area contributed by atoms with Gasteiger partial charge >= 0.3 is 6.01 Å². The van der Waals surface area contributed by atoms with E-state index in [1.54, 1.807) is 0 Å². The quantitative estimate of drug-likeness (QED) is 0.222. The first-order valence-corrected chi connectivity index (χ1v) is 13.7. The molecule has 0 aliphatic carbocycles. The van der Waals surface area contributed by atoms with E-state index in [1.807, 2.05) is 78.9 Å². The van der Waals surface area contributed by atoms with Gasteiger partial charge in [0.2, 0.25) is 0 Å². The highest BCUT2D eigenvalue weighted by atomic mass is 16.5. The molecule has 0 saturated heterocycles. The van der Waals surface area contributed by atoms with Crippen LogP contribution in [0.4, 0.5) is 17.1 Å². The fourth-order valence-electron chi connectivity index (χ4n) is 5.59. The van der Waals surface area contributed by atoms with Crippen LogP contribution in [0.15, 0.2) is 133 Å². The molecule has 1 aliphatic heterocycles. The van der Waals surface area contributed by atoms with E-state index in [0.29, 0.717) is 17.4 Å². The maximum absolute atomic E-state index is 6.57. The van der Waals surface area contributed by atoms with Crippen LogP contribution in [0.1, 0.15) is 25.0 Å². The highest BCUT2D eigenvalue weighted by Gasteiger charge is 2.37. The van der Waals surface area contributed by atoms with E-state index in [2.05, 4.69) is 73.3 Å². The Labute approximate surface area is 239 Å². The van der Waals surface area contributed by atoms with Gasteiger partial charge in [-0.05, 0) is 35.4 Å². The summed E-state index contributed by atoms with van der Waals surface area (Å²) in [6, 6.07) is 45.3. The van der Waals surface area contributed by atoms with Crippen LogP contribution < -0.4 is 9.64 Å². The van der Waals surface area contributed by atoms with Crippen LogP contribution in [-0.4, -0.2) is 15.0 Å². The zero-order chi connectivity index (χ0) is 27.8. The van der Waals surface area contributed by atoms with Crippen molar-refractivity contribution in [3.05, 3.63) is 145 Å². The third-order valence-corrected chi connectivity index (χ3v) is 7.62. The van der Waals surface area contributed by atoms with Gasteiger partial charge in [-0.3, -0.25) is 0 Å². The van der Waals surface area contributed by atoms with Gasteiger partial charge in [0.15, 0.2) is 17.4 Å². The van der Waals surface area contributed by atoms with Crippen LogP contribution in [-0.2, 0) is 5.41 Å². The number of aromatic nitrogens is 3. The van der Waals surface area contributed by atoms with Crippen LogP contribution in [0.3, 0.4) is 0 Å². The summed E-state index contributed by atoms with van der Waals surface area (Å²) >= 11 is 0. The van der Waals surface area contributed by atoms with Gasteiger partial charge < -0.3 is 9.64 Å². The van der Waals surface area contributed by atoms with Gasteiger partial charge in [0.05, 0.1) is 17.1 Å². The molecule has 0 saturated carbocycles. The second kappa shape index (κ2) is 10.0. The molecule has 0 radical (unpaired) electrons. The number of hydrogen-bond acceptors (Lipinski definition) is 5. The van der Waals surface area contributed by atoms with E-state index in [-0.39, 0.29) is 11.4 Å². The predicted octanol–water partition coefficient (Wildman–Crippen LogP) is 9.11. The molecule has 0 bridgehead atoms. The monoisotopic (exact) mass is 532 g/mol. The van der Waals surface area contributed by atoms with Gasteiger partial charge in [-0.15, -0.1) is 0 Å². The lowest BCUT2D eigenvalue weighted by molar-refractivity contribution is 0.442. The van der Waals surface area contributed by atoms with E-state index >= 15 is 0 Å². The van der Waals surface area contributed by atoms with E-state index < -0.39 is 0 Å². The average Bonchev–Trinajstić information content (AvgIpc) is 3.03. The Kier molecular flexibility index (Phi) is 6.05. The SMILES string of the molecule is CC1(C)c2ccccc2N(c2ccccc2Oc2nc(-c3ccccc3)nc(-c3ccccc3)n2)c2ccccc21. The summed E-state index contributed by atoms with van der Waals surface area (Å²) in [5.41, 5.74) is 7.31. The van der Waals surface area contributed by atoms with Crippen molar-refractivity contribution in [3.63, 3.8) is 0 Å². The molecule has 41 heavy (non-hydrogen) atoms. The summed E-state index contributed by atoms with van der Waals surface area (Å²) < 4.78 is 6.57. The lowest BCUT2D eigenvalue weighted by Crippen LogP contribution is -2.30. The first-order valence-electron chi connectivity index (χ1n) is 13.7. The van der Waals surface area contributed by atoms with E-state index in [1.165, 1.54) is 11.1 Å². The molecule has 0 amide bonds. The number of hydrogen-bond donors (Lipinski definition) is 0. The highest BCUT2D eigenvalue weighted by Crippen LogP contribution is 2.53. The number of fused-ring (bicyclic) bond motifs is 2. The average molecular weight is 533 g/mol. The van der Waals surface area contributed by atoms with Crippen LogP contribution in [0.2, 0.25) is 0 Å². The van der Waals surface area contributed by atoms with Crippen molar-refractivity contribution in [2.75, 3.05) is 4.90 Å². The summed E-state index contributed by atoms with van der Waals surface area (Å²) in [6.45, 7) is 4.57. The zero-order valence-corrected chi connectivity index (χ0v) is 22.9. The number of ether oxygens (including phenoxy) is 1. The van der Waals surface area contributed by atoms with E-state index in [0.717, 1.165) is 28.2 Å². The third kappa shape index (κ3) is 4.42. The maximum atomic E-state index is 6.57. The minimum Gasteiger partial charge on any atom is -0.422 e. The highest BCUT2D eigenvalue weighted by molar-refractivity contribution is 5.88. The molecule has 198 valence electrons. The van der Waals surface area contributed by atoms with Crippen LogP contribution in [0, 0.1) is 0 Å². The topological polar surface area (TPSA) is 51.1 Å². The van der Waals surface area contributed by atoms with E-state index in [4.69, 9.17) is 19.7 Å². The third-order valence-electron chi connectivity index (χ3n) is 7.62. The van der Waals surface area contributed by atoms with Gasteiger partial charge in [0.25, 0.3) is 0 Å². The van der Waals surface area contributed by atoms with Crippen molar-refractivity contribution >= 4 is 17.1 Å². The first kappa shape index (κ1) is 24.7. The Balaban J connectivity index is 1.37. The second-order valence-electron chi connectivity index (χ2n) is 10.6.